The quantitative estimate of drug-likeness (QED) is 0.799. The third-order valence-corrected chi connectivity index (χ3v) is 4.73. The highest BCUT2D eigenvalue weighted by atomic mass is 79.9. The molecule has 0 radical (unpaired) electrons. The summed E-state index contributed by atoms with van der Waals surface area (Å²) in [6.45, 7) is 2.99. The maximum Gasteiger partial charge on any atom is 0.140 e. The Kier molecular flexibility index (Phi) is 5.37. The van der Waals surface area contributed by atoms with Gasteiger partial charge < -0.3 is 14.8 Å². The van der Waals surface area contributed by atoms with Gasteiger partial charge in [0.25, 0.3) is 0 Å². The van der Waals surface area contributed by atoms with E-state index in [0.29, 0.717) is 21.8 Å². The SMILES string of the molecule is CCNC1CC(Oc2cc(Cl)c(Br)cc2Cl)C1OC. The zero-order valence-electron chi connectivity index (χ0n) is 10.8. The minimum Gasteiger partial charge on any atom is -0.486 e. The second-order valence-corrected chi connectivity index (χ2v) is 6.12. The van der Waals surface area contributed by atoms with Crippen LogP contribution in [-0.2, 0) is 4.74 Å². The van der Waals surface area contributed by atoms with Crippen molar-refractivity contribution in [2.75, 3.05) is 13.7 Å². The fraction of sp³-hybridized carbons (Fsp3) is 0.538. The van der Waals surface area contributed by atoms with Crippen LogP contribution in [0.4, 0.5) is 0 Å². The lowest BCUT2D eigenvalue weighted by Crippen LogP contribution is -2.60. The molecular weight excluding hydrogens is 353 g/mol. The predicted octanol–water partition coefficient (Wildman–Crippen LogP) is 3.90. The van der Waals surface area contributed by atoms with Crippen LogP contribution in [0, 0.1) is 0 Å². The Bertz CT molecular complexity index is 459. The number of benzene rings is 1. The fourth-order valence-corrected chi connectivity index (χ4v) is 3.07. The lowest BCUT2D eigenvalue weighted by atomic mass is 9.85. The van der Waals surface area contributed by atoms with Gasteiger partial charge in [0.2, 0.25) is 0 Å². The Balaban J connectivity index is 2.04. The highest BCUT2D eigenvalue weighted by Crippen LogP contribution is 2.37. The van der Waals surface area contributed by atoms with Gasteiger partial charge in [0, 0.05) is 30.1 Å². The largest absolute Gasteiger partial charge is 0.486 e. The van der Waals surface area contributed by atoms with Crippen molar-refractivity contribution in [2.45, 2.75) is 31.6 Å². The van der Waals surface area contributed by atoms with Gasteiger partial charge in [0.05, 0.1) is 10.0 Å². The summed E-state index contributed by atoms with van der Waals surface area (Å²) in [6, 6.07) is 3.80. The molecule has 1 aromatic carbocycles. The molecule has 0 bridgehead atoms. The third kappa shape index (κ3) is 3.37. The van der Waals surface area contributed by atoms with E-state index in [1.54, 1.807) is 19.2 Å². The molecule has 0 aliphatic heterocycles. The molecule has 3 atom stereocenters. The molecule has 0 spiro atoms. The van der Waals surface area contributed by atoms with Gasteiger partial charge in [-0.25, -0.2) is 0 Å². The highest BCUT2D eigenvalue weighted by molar-refractivity contribution is 9.10. The summed E-state index contributed by atoms with van der Waals surface area (Å²) in [7, 11) is 1.70. The molecule has 0 amide bonds. The van der Waals surface area contributed by atoms with Crippen molar-refractivity contribution in [1.82, 2.24) is 5.32 Å². The molecule has 1 N–H and O–H groups in total. The summed E-state index contributed by atoms with van der Waals surface area (Å²) < 4.78 is 12.1. The van der Waals surface area contributed by atoms with Crippen molar-refractivity contribution in [1.29, 1.82) is 0 Å². The summed E-state index contributed by atoms with van der Waals surface area (Å²) >= 11 is 15.5. The molecule has 1 fully saturated rings. The Hall–Kier alpha value is -0.0000000000000000763. The van der Waals surface area contributed by atoms with Gasteiger partial charge >= 0.3 is 0 Å². The maximum atomic E-state index is 6.15. The van der Waals surface area contributed by atoms with Gasteiger partial charge in [-0.1, -0.05) is 30.1 Å². The van der Waals surface area contributed by atoms with E-state index in [4.69, 9.17) is 32.7 Å². The molecule has 1 aliphatic carbocycles. The summed E-state index contributed by atoms with van der Waals surface area (Å²) in [4.78, 5) is 0. The van der Waals surface area contributed by atoms with Crippen molar-refractivity contribution in [3.05, 3.63) is 26.7 Å². The van der Waals surface area contributed by atoms with Gasteiger partial charge in [0.1, 0.15) is 18.0 Å². The van der Waals surface area contributed by atoms with E-state index < -0.39 is 0 Å². The smallest absolute Gasteiger partial charge is 0.140 e. The highest BCUT2D eigenvalue weighted by Gasteiger charge is 2.43. The molecule has 6 heteroatoms. The number of hydrogen-bond acceptors (Lipinski definition) is 3. The first kappa shape index (κ1) is 15.4. The Morgan fingerprint density at radius 1 is 1.37 bits per heavy atom. The molecule has 3 nitrogen and oxygen atoms in total. The van der Waals surface area contributed by atoms with Crippen molar-refractivity contribution in [3.8, 4) is 5.75 Å². The molecule has 0 aromatic heterocycles. The van der Waals surface area contributed by atoms with Gasteiger partial charge in [-0.2, -0.15) is 0 Å². The van der Waals surface area contributed by atoms with E-state index in [0.717, 1.165) is 17.4 Å². The van der Waals surface area contributed by atoms with E-state index in [1.807, 2.05) is 0 Å². The monoisotopic (exact) mass is 367 g/mol. The number of likely N-dealkylation sites (N-methyl/N-ethyl adjacent to an activating group) is 1. The van der Waals surface area contributed by atoms with Gasteiger partial charge in [-0.15, -0.1) is 0 Å². The normalized spacial score (nSPS) is 26.1. The van der Waals surface area contributed by atoms with Crippen molar-refractivity contribution in [3.63, 3.8) is 0 Å². The maximum absolute atomic E-state index is 6.15. The zero-order valence-corrected chi connectivity index (χ0v) is 13.8. The summed E-state index contributed by atoms with van der Waals surface area (Å²) in [5.74, 6) is 0.594. The topological polar surface area (TPSA) is 30.5 Å². The van der Waals surface area contributed by atoms with Crippen LogP contribution >= 0.6 is 39.1 Å². The van der Waals surface area contributed by atoms with Crippen LogP contribution in [0.5, 0.6) is 5.75 Å². The minimum atomic E-state index is 0.00351. The molecule has 106 valence electrons. The number of rotatable bonds is 5. The van der Waals surface area contributed by atoms with E-state index in [1.165, 1.54) is 0 Å². The molecule has 19 heavy (non-hydrogen) atoms. The molecule has 0 heterocycles. The summed E-state index contributed by atoms with van der Waals surface area (Å²) in [5.41, 5.74) is 0. The van der Waals surface area contributed by atoms with Crippen LogP contribution in [0.25, 0.3) is 0 Å². The zero-order chi connectivity index (χ0) is 14.0. The second kappa shape index (κ2) is 6.64. The molecule has 2 rings (SSSR count). The van der Waals surface area contributed by atoms with Crippen molar-refractivity contribution in [2.24, 2.45) is 0 Å². The molecule has 0 saturated heterocycles. The van der Waals surface area contributed by atoms with E-state index in [9.17, 15) is 0 Å². The number of nitrogens with one attached hydrogen (secondary N) is 1. The molecule has 1 saturated carbocycles. The van der Waals surface area contributed by atoms with Crippen LogP contribution in [-0.4, -0.2) is 31.9 Å². The van der Waals surface area contributed by atoms with Crippen molar-refractivity contribution >= 4 is 39.1 Å². The summed E-state index contributed by atoms with van der Waals surface area (Å²) in [5, 5.41) is 4.48. The fourth-order valence-electron chi connectivity index (χ4n) is 2.23. The van der Waals surface area contributed by atoms with Gasteiger partial charge in [-0.3, -0.25) is 0 Å². The van der Waals surface area contributed by atoms with Gasteiger partial charge in [-0.05, 0) is 28.5 Å². The predicted molar refractivity (Wildman–Crippen MR) is 81.5 cm³/mol. The lowest BCUT2D eigenvalue weighted by Gasteiger charge is -2.43. The average Bonchev–Trinajstić information content (AvgIpc) is 2.34. The number of hydrogen-bond donors (Lipinski definition) is 1. The number of ether oxygens (including phenoxy) is 2. The van der Waals surface area contributed by atoms with Crippen LogP contribution < -0.4 is 10.1 Å². The Labute approximate surface area is 131 Å². The van der Waals surface area contributed by atoms with Gasteiger partial charge in [0.15, 0.2) is 0 Å². The standard InChI is InChI=1S/C13H16BrCl2NO2/c1-3-17-10-6-12(13(10)18-2)19-11-5-8(15)7(14)4-9(11)16/h4-5,10,12-13,17H,3,6H2,1-2H3. The van der Waals surface area contributed by atoms with Crippen LogP contribution in [0.3, 0.4) is 0 Å². The lowest BCUT2D eigenvalue weighted by molar-refractivity contribution is -0.0883. The van der Waals surface area contributed by atoms with E-state index in [-0.39, 0.29) is 12.2 Å². The number of methoxy groups -OCH3 is 1. The molecular formula is C13H16BrCl2NO2. The third-order valence-electron chi connectivity index (χ3n) is 3.24. The average molecular weight is 369 g/mol. The van der Waals surface area contributed by atoms with Crippen molar-refractivity contribution < 1.29 is 9.47 Å². The van der Waals surface area contributed by atoms with E-state index >= 15 is 0 Å². The first-order valence-electron chi connectivity index (χ1n) is 6.14. The number of halogens is 3. The Morgan fingerprint density at radius 2 is 2.11 bits per heavy atom. The first-order valence-corrected chi connectivity index (χ1v) is 7.69. The van der Waals surface area contributed by atoms with Crippen LogP contribution in [0.2, 0.25) is 10.0 Å². The van der Waals surface area contributed by atoms with Crippen LogP contribution in [0.1, 0.15) is 13.3 Å². The first-order chi connectivity index (χ1) is 9.06. The minimum absolute atomic E-state index is 0.00351. The van der Waals surface area contributed by atoms with E-state index in [2.05, 4.69) is 28.2 Å². The molecule has 1 aliphatic rings. The Morgan fingerprint density at radius 3 is 2.74 bits per heavy atom. The van der Waals surface area contributed by atoms with Crippen LogP contribution in [0.15, 0.2) is 16.6 Å². The summed E-state index contributed by atoms with van der Waals surface area (Å²) in [6.07, 6.45) is 0.943. The second-order valence-electron chi connectivity index (χ2n) is 4.45. The molecule has 3 unspecified atom stereocenters. The molecule has 1 aromatic rings.